The number of hydrogen-bond acceptors (Lipinski definition) is 10. The van der Waals surface area contributed by atoms with Gasteiger partial charge in [0.05, 0.1) is 50.2 Å². The van der Waals surface area contributed by atoms with Gasteiger partial charge in [0.25, 0.3) is 0 Å². The third-order valence-electron chi connectivity index (χ3n) is 4.75. The average Bonchev–Trinajstić information content (AvgIpc) is 3.41. The standard InChI is InChI=1S/C23H25N5O6/c1-30-5-7-32-14-17-9-18(13-29)22(34-15-33-8-6-31-2)21(11-17)20-10-16(12-24)3-4-19(20)23-25-27-28-26-23/h3-4,9-11,13H,5-8,14-15H2,1-2H3,(H,25,26,27,28). The molecule has 0 unspecified atom stereocenters. The first-order valence-corrected chi connectivity index (χ1v) is 10.4. The van der Waals surface area contributed by atoms with Crippen LogP contribution in [0, 0.1) is 11.3 Å². The highest BCUT2D eigenvalue weighted by molar-refractivity contribution is 5.91. The number of aromatic amines is 1. The number of rotatable bonds is 14. The Bertz CT molecular complexity index is 1110. The Balaban J connectivity index is 2.08. The Kier molecular flexibility index (Phi) is 9.63. The minimum Gasteiger partial charge on any atom is -0.466 e. The fraction of sp³-hybridized carbons (Fsp3) is 0.348. The molecule has 1 heterocycles. The summed E-state index contributed by atoms with van der Waals surface area (Å²) < 4.78 is 27.0. The van der Waals surface area contributed by atoms with Gasteiger partial charge in [-0.1, -0.05) is 0 Å². The van der Waals surface area contributed by atoms with Crippen LogP contribution in [0.4, 0.5) is 0 Å². The molecule has 11 nitrogen and oxygen atoms in total. The van der Waals surface area contributed by atoms with Gasteiger partial charge in [0.1, 0.15) is 5.75 Å². The van der Waals surface area contributed by atoms with Gasteiger partial charge < -0.3 is 23.7 Å². The number of nitrogens with one attached hydrogen (secondary N) is 1. The number of methoxy groups -OCH3 is 2. The number of H-pyrrole nitrogens is 1. The van der Waals surface area contributed by atoms with Crippen molar-refractivity contribution in [2.75, 3.05) is 47.4 Å². The first-order chi connectivity index (χ1) is 16.7. The van der Waals surface area contributed by atoms with Crippen molar-refractivity contribution in [3.05, 3.63) is 47.0 Å². The molecule has 1 N–H and O–H groups in total. The first kappa shape index (κ1) is 24.9. The molecule has 0 amide bonds. The molecule has 0 spiro atoms. The van der Waals surface area contributed by atoms with Gasteiger partial charge in [0.15, 0.2) is 13.1 Å². The van der Waals surface area contributed by atoms with Gasteiger partial charge in [-0.2, -0.15) is 10.5 Å². The fourth-order valence-electron chi connectivity index (χ4n) is 3.19. The first-order valence-electron chi connectivity index (χ1n) is 10.4. The summed E-state index contributed by atoms with van der Waals surface area (Å²) in [5.74, 6) is 0.629. The van der Waals surface area contributed by atoms with E-state index in [1.165, 1.54) is 0 Å². The monoisotopic (exact) mass is 467 g/mol. The Morgan fingerprint density at radius 2 is 1.79 bits per heavy atom. The molecule has 178 valence electrons. The van der Waals surface area contributed by atoms with Gasteiger partial charge in [-0.15, -0.1) is 10.2 Å². The second-order valence-electron chi connectivity index (χ2n) is 7.00. The van der Waals surface area contributed by atoms with Crippen molar-refractivity contribution in [2.45, 2.75) is 6.61 Å². The number of nitrogens with zero attached hydrogens (tertiary/aromatic N) is 4. The quantitative estimate of drug-likeness (QED) is 0.213. The molecule has 0 aliphatic rings. The minimum atomic E-state index is -0.101. The summed E-state index contributed by atoms with van der Waals surface area (Å²) in [7, 11) is 3.16. The van der Waals surface area contributed by atoms with E-state index >= 15 is 0 Å². The van der Waals surface area contributed by atoms with Crippen LogP contribution in [-0.4, -0.2) is 74.4 Å². The smallest absolute Gasteiger partial charge is 0.205 e. The average molecular weight is 467 g/mol. The summed E-state index contributed by atoms with van der Waals surface area (Å²) in [5, 5.41) is 23.7. The SMILES string of the molecule is COCCOCOc1c(C=O)cc(COCCOC)cc1-c1cc(C#N)ccc1-c1nn[nH]n1. The zero-order valence-corrected chi connectivity index (χ0v) is 18.9. The van der Waals surface area contributed by atoms with E-state index in [9.17, 15) is 10.1 Å². The van der Waals surface area contributed by atoms with Crippen molar-refractivity contribution >= 4 is 6.29 Å². The Hall–Kier alpha value is -3.69. The largest absolute Gasteiger partial charge is 0.466 e. The van der Waals surface area contributed by atoms with E-state index in [0.717, 1.165) is 5.56 Å². The van der Waals surface area contributed by atoms with Crippen molar-refractivity contribution < 1.29 is 28.5 Å². The number of benzene rings is 2. The molecule has 11 heteroatoms. The minimum absolute atomic E-state index is 0.101. The van der Waals surface area contributed by atoms with Gasteiger partial charge in [0, 0.05) is 25.3 Å². The van der Waals surface area contributed by atoms with Crippen molar-refractivity contribution in [3.63, 3.8) is 0 Å². The van der Waals surface area contributed by atoms with Crippen molar-refractivity contribution in [1.82, 2.24) is 20.6 Å². The highest BCUT2D eigenvalue weighted by atomic mass is 16.7. The maximum atomic E-state index is 12.0. The molecule has 2 aromatic carbocycles. The van der Waals surface area contributed by atoms with Crippen molar-refractivity contribution in [2.24, 2.45) is 0 Å². The molecular weight excluding hydrogens is 442 g/mol. The number of aldehydes is 1. The van der Waals surface area contributed by atoms with E-state index in [2.05, 4.69) is 26.7 Å². The van der Waals surface area contributed by atoms with E-state index in [-0.39, 0.29) is 13.4 Å². The van der Waals surface area contributed by atoms with E-state index in [1.54, 1.807) is 38.5 Å². The molecule has 0 fully saturated rings. The van der Waals surface area contributed by atoms with E-state index in [4.69, 9.17) is 23.7 Å². The number of tetrazole rings is 1. The second kappa shape index (κ2) is 13.1. The molecular formula is C23H25N5O6. The summed E-state index contributed by atoms with van der Waals surface area (Å²) in [6.07, 6.45) is 0.703. The second-order valence-corrected chi connectivity index (χ2v) is 7.00. The van der Waals surface area contributed by atoms with Crippen LogP contribution in [0.3, 0.4) is 0 Å². The van der Waals surface area contributed by atoms with Gasteiger partial charge in [0.2, 0.25) is 5.82 Å². The van der Waals surface area contributed by atoms with Crippen LogP contribution in [0.1, 0.15) is 21.5 Å². The van der Waals surface area contributed by atoms with Crippen LogP contribution >= 0.6 is 0 Å². The molecule has 3 rings (SSSR count). The van der Waals surface area contributed by atoms with Crippen LogP contribution in [0.25, 0.3) is 22.5 Å². The molecule has 0 atom stereocenters. The summed E-state index contributed by atoms with van der Waals surface area (Å²) >= 11 is 0. The third-order valence-corrected chi connectivity index (χ3v) is 4.75. The molecule has 0 saturated carbocycles. The number of carbonyl (C=O) groups excluding carboxylic acids is 1. The maximum Gasteiger partial charge on any atom is 0.205 e. The summed E-state index contributed by atoms with van der Waals surface area (Å²) in [6, 6.07) is 10.7. The lowest BCUT2D eigenvalue weighted by atomic mass is 9.93. The predicted octanol–water partition coefficient (Wildman–Crippen LogP) is 2.38. The molecule has 34 heavy (non-hydrogen) atoms. The summed E-state index contributed by atoms with van der Waals surface area (Å²) in [6.45, 7) is 1.71. The Labute approximate surface area is 196 Å². The molecule has 3 aromatic rings. The number of nitriles is 1. The normalized spacial score (nSPS) is 10.7. The lowest BCUT2D eigenvalue weighted by Crippen LogP contribution is -2.10. The molecule has 0 aliphatic heterocycles. The topological polar surface area (TPSA) is 141 Å². The van der Waals surface area contributed by atoms with Crippen molar-refractivity contribution in [3.8, 4) is 34.3 Å². The number of aromatic nitrogens is 4. The fourth-order valence-corrected chi connectivity index (χ4v) is 3.19. The van der Waals surface area contributed by atoms with Crippen LogP contribution in [0.5, 0.6) is 5.75 Å². The van der Waals surface area contributed by atoms with E-state index < -0.39 is 0 Å². The highest BCUT2D eigenvalue weighted by Crippen LogP contribution is 2.39. The lowest BCUT2D eigenvalue weighted by Gasteiger charge is -2.18. The van der Waals surface area contributed by atoms with Crippen molar-refractivity contribution in [1.29, 1.82) is 5.26 Å². The van der Waals surface area contributed by atoms with Gasteiger partial charge in [-0.3, -0.25) is 4.79 Å². The van der Waals surface area contributed by atoms with Crippen LogP contribution in [-0.2, 0) is 25.6 Å². The number of carbonyl (C=O) groups is 1. The zero-order chi connectivity index (χ0) is 24.2. The highest BCUT2D eigenvalue weighted by Gasteiger charge is 2.20. The van der Waals surface area contributed by atoms with Crippen LogP contribution in [0.2, 0.25) is 0 Å². The molecule has 0 saturated heterocycles. The Morgan fingerprint density at radius 3 is 2.47 bits per heavy atom. The lowest BCUT2D eigenvalue weighted by molar-refractivity contribution is -0.00844. The van der Waals surface area contributed by atoms with E-state index in [0.29, 0.717) is 72.1 Å². The molecule has 1 aromatic heterocycles. The predicted molar refractivity (Wildman–Crippen MR) is 120 cm³/mol. The van der Waals surface area contributed by atoms with Gasteiger partial charge >= 0.3 is 0 Å². The number of ether oxygens (including phenoxy) is 5. The third kappa shape index (κ3) is 6.43. The summed E-state index contributed by atoms with van der Waals surface area (Å²) in [4.78, 5) is 12.0. The van der Waals surface area contributed by atoms with Gasteiger partial charge in [-0.05, 0) is 46.7 Å². The van der Waals surface area contributed by atoms with Crippen LogP contribution < -0.4 is 4.74 Å². The maximum absolute atomic E-state index is 12.0. The number of hydrogen-bond donors (Lipinski definition) is 1. The Morgan fingerprint density at radius 1 is 1.00 bits per heavy atom. The molecule has 0 radical (unpaired) electrons. The molecule has 0 bridgehead atoms. The van der Waals surface area contributed by atoms with E-state index in [1.807, 2.05) is 6.07 Å². The van der Waals surface area contributed by atoms with Crippen LogP contribution in [0.15, 0.2) is 30.3 Å². The molecule has 0 aliphatic carbocycles. The summed E-state index contributed by atoms with van der Waals surface area (Å²) in [5.41, 5.74) is 3.21. The zero-order valence-electron chi connectivity index (χ0n) is 18.9. The van der Waals surface area contributed by atoms with Gasteiger partial charge in [-0.25, -0.2) is 0 Å².